The van der Waals surface area contributed by atoms with E-state index in [0.29, 0.717) is 12.0 Å². The Kier molecular flexibility index (Phi) is 18.2. The Morgan fingerprint density at radius 2 is 1.50 bits per heavy atom. The summed E-state index contributed by atoms with van der Waals surface area (Å²) < 4.78 is 33.0. The van der Waals surface area contributed by atoms with Crippen molar-refractivity contribution in [3.63, 3.8) is 0 Å². The number of para-hydroxylation sites is 1. The zero-order valence-corrected chi connectivity index (χ0v) is 36.4. The number of carbonyl (C=O) groups is 8. The van der Waals surface area contributed by atoms with Crippen LogP contribution in [0.2, 0.25) is 0 Å². The van der Waals surface area contributed by atoms with E-state index >= 15 is 0 Å². The molecule has 1 aromatic heterocycles. The molecule has 1 aromatic carbocycles. The van der Waals surface area contributed by atoms with Crippen LogP contribution in [0.1, 0.15) is 74.3 Å². The number of hydrogen-bond donors (Lipinski definition) is 5. The molecule has 0 radical (unpaired) electrons. The number of alkyl carbamates (subject to hydrolysis) is 1. The summed E-state index contributed by atoms with van der Waals surface area (Å²) in [5, 5.41) is 11.5. The minimum absolute atomic E-state index is 0.0377. The van der Waals surface area contributed by atoms with Crippen LogP contribution in [0.3, 0.4) is 0 Å². The van der Waals surface area contributed by atoms with Crippen molar-refractivity contribution in [1.82, 2.24) is 26.3 Å². The molecule has 20 heteroatoms. The number of benzene rings is 1. The van der Waals surface area contributed by atoms with Gasteiger partial charge in [0.05, 0.1) is 7.11 Å². The average Bonchev–Trinajstić information content (AvgIpc) is 3.56. The van der Waals surface area contributed by atoms with Crippen LogP contribution in [0.5, 0.6) is 0 Å². The molecule has 1 saturated heterocycles. The number of aromatic amines is 1. The van der Waals surface area contributed by atoms with Crippen LogP contribution in [0.25, 0.3) is 10.9 Å². The van der Waals surface area contributed by atoms with E-state index in [2.05, 4.69) is 26.3 Å². The largest absolute Gasteiger partial charge is 0.467 e. The number of ether oxygens (including phenoxy) is 6. The lowest BCUT2D eigenvalue weighted by Crippen LogP contribution is -2.65. The highest BCUT2D eigenvalue weighted by molar-refractivity contribution is 7.99. The van der Waals surface area contributed by atoms with Gasteiger partial charge in [0.15, 0.2) is 12.2 Å². The average molecular weight is 864 g/mol. The van der Waals surface area contributed by atoms with Crippen molar-refractivity contribution in [1.29, 1.82) is 0 Å². The Labute approximate surface area is 352 Å². The smallest absolute Gasteiger partial charge is 0.408 e. The van der Waals surface area contributed by atoms with Crippen LogP contribution < -0.4 is 21.3 Å². The topological polar surface area (TPSA) is 256 Å². The van der Waals surface area contributed by atoms with Crippen LogP contribution >= 0.6 is 11.8 Å². The fourth-order valence-corrected chi connectivity index (χ4v) is 7.58. The zero-order valence-electron chi connectivity index (χ0n) is 35.5. The lowest BCUT2D eigenvalue weighted by atomic mass is 9.97. The molecule has 0 aliphatic carbocycles. The second kappa shape index (κ2) is 22.3. The first kappa shape index (κ1) is 49.0. The fourth-order valence-electron chi connectivity index (χ4n) is 6.31. The van der Waals surface area contributed by atoms with Crippen molar-refractivity contribution in [2.24, 2.45) is 5.92 Å². The third-order valence-corrected chi connectivity index (χ3v) is 10.5. The Balaban J connectivity index is 2.08. The molecule has 1 aliphatic rings. The predicted octanol–water partition coefficient (Wildman–Crippen LogP) is 2.18. The molecule has 1 fully saturated rings. The van der Waals surface area contributed by atoms with Crippen molar-refractivity contribution in [2.45, 2.75) is 129 Å². The number of hydrogen-bond acceptors (Lipinski definition) is 15. The molecule has 1 aliphatic heterocycles. The maximum atomic E-state index is 14.4. The third-order valence-electron chi connectivity index (χ3n) is 9.20. The maximum Gasteiger partial charge on any atom is 0.408 e. The molecule has 4 amide bonds. The Hall–Kier alpha value is -5.37. The molecule has 5 N–H and O–H groups in total. The number of aromatic nitrogens is 1. The van der Waals surface area contributed by atoms with Gasteiger partial charge in [-0.15, -0.1) is 11.8 Å². The van der Waals surface area contributed by atoms with Gasteiger partial charge in [-0.2, -0.15) is 0 Å². The molecule has 2 aromatic rings. The highest BCUT2D eigenvalue weighted by Gasteiger charge is 2.51. The number of thioether (sulfide) groups is 1. The molecular formula is C40H57N5O14S. The number of H-pyrrole nitrogens is 1. The molecular weight excluding hydrogens is 807 g/mol. The monoisotopic (exact) mass is 863 g/mol. The number of esters is 4. The standard InChI is InChI=1S/C40H57N5O14S/c1-11-20(2)31(37(52)54-10)45-36(51)29(43-35(50)28(44-39(53)59-40(7,8)9)16-25-17-41-27-15-13-12-14-26(25)27)19-60-38-32(42-21(3)46)34(57-24(6)49)33(56-23(5)48)30(58-38)18-55-22(4)47/h12-15,17,20,28-34,38,41H,11,16,18-19H2,1-10H3,(H,42,46)(H,43,50)(H,44,53)(H,45,51)/t20?,28-,29-,30+,31-,32+,33-,34+,38+/m0/s1. The van der Waals surface area contributed by atoms with Crippen molar-refractivity contribution in [3.05, 3.63) is 36.0 Å². The van der Waals surface area contributed by atoms with Crippen molar-refractivity contribution < 1.29 is 66.8 Å². The molecule has 60 heavy (non-hydrogen) atoms. The lowest BCUT2D eigenvalue weighted by Gasteiger charge is -2.45. The minimum atomic E-state index is -1.46. The van der Waals surface area contributed by atoms with Crippen molar-refractivity contribution in [3.8, 4) is 0 Å². The number of carbonyl (C=O) groups excluding carboxylic acids is 8. The van der Waals surface area contributed by atoms with Gasteiger partial charge in [0, 0.05) is 57.0 Å². The van der Waals surface area contributed by atoms with Gasteiger partial charge < -0.3 is 54.7 Å². The normalized spacial score (nSPS) is 20.9. The second-order valence-electron chi connectivity index (χ2n) is 15.3. The van der Waals surface area contributed by atoms with Gasteiger partial charge >= 0.3 is 30.0 Å². The number of amides is 4. The van der Waals surface area contributed by atoms with E-state index in [9.17, 15) is 38.4 Å². The van der Waals surface area contributed by atoms with Gasteiger partial charge in [-0.1, -0.05) is 38.5 Å². The fraction of sp³-hybridized carbons (Fsp3) is 0.600. The number of nitrogens with one attached hydrogen (secondary N) is 5. The van der Waals surface area contributed by atoms with Gasteiger partial charge in [0.2, 0.25) is 17.7 Å². The van der Waals surface area contributed by atoms with E-state index in [1.165, 1.54) is 14.0 Å². The van der Waals surface area contributed by atoms with E-state index in [4.69, 9.17) is 28.4 Å². The maximum absolute atomic E-state index is 14.4. The summed E-state index contributed by atoms with van der Waals surface area (Å²) in [6.07, 6.45) is -2.74. The third kappa shape index (κ3) is 14.7. The first-order valence-electron chi connectivity index (χ1n) is 19.4. The molecule has 9 atom stereocenters. The molecule has 19 nitrogen and oxygen atoms in total. The first-order valence-corrected chi connectivity index (χ1v) is 20.4. The van der Waals surface area contributed by atoms with Crippen LogP contribution in [-0.2, 0) is 68.4 Å². The molecule has 2 heterocycles. The molecule has 0 bridgehead atoms. The summed E-state index contributed by atoms with van der Waals surface area (Å²) in [6.45, 7) is 12.6. The first-order chi connectivity index (χ1) is 28.1. The Morgan fingerprint density at radius 3 is 2.08 bits per heavy atom. The highest BCUT2D eigenvalue weighted by atomic mass is 32.2. The van der Waals surface area contributed by atoms with Crippen molar-refractivity contribution >= 4 is 70.4 Å². The van der Waals surface area contributed by atoms with Crippen LogP contribution in [-0.4, -0.2) is 126 Å². The lowest BCUT2D eigenvalue weighted by molar-refractivity contribution is -0.211. The Bertz CT molecular complexity index is 1860. The number of rotatable bonds is 18. The van der Waals surface area contributed by atoms with Gasteiger partial charge in [-0.3, -0.25) is 28.8 Å². The molecule has 3 rings (SSSR count). The summed E-state index contributed by atoms with van der Waals surface area (Å²) in [5.41, 5.74) is -0.662. The van der Waals surface area contributed by atoms with Crippen LogP contribution in [0.4, 0.5) is 4.79 Å². The summed E-state index contributed by atoms with van der Waals surface area (Å²) >= 11 is 0.894. The minimum Gasteiger partial charge on any atom is -0.467 e. The van der Waals surface area contributed by atoms with E-state index in [1.54, 1.807) is 33.9 Å². The van der Waals surface area contributed by atoms with E-state index < -0.39 is 114 Å². The van der Waals surface area contributed by atoms with Gasteiger partial charge in [-0.05, 0) is 38.3 Å². The molecule has 0 spiro atoms. The number of fused-ring (bicyclic) bond motifs is 1. The Morgan fingerprint density at radius 1 is 0.867 bits per heavy atom. The van der Waals surface area contributed by atoms with Crippen LogP contribution in [0, 0.1) is 5.92 Å². The van der Waals surface area contributed by atoms with E-state index in [-0.39, 0.29) is 12.2 Å². The predicted molar refractivity (Wildman–Crippen MR) is 217 cm³/mol. The molecule has 332 valence electrons. The summed E-state index contributed by atoms with van der Waals surface area (Å²) in [7, 11) is 1.17. The van der Waals surface area contributed by atoms with E-state index in [1.807, 2.05) is 31.2 Å². The van der Waals surface area contributed by atoms with Crippen LogP contribution in [0.15, 0.2) is 30.5 Å². The summed E-state index contributed by atoms with van der Waals surface area (Å²) in [6, 6.07) is 2.25. The van der Waals surface area contributed by atoms with Crippen molar-refractivity contribution in [2.75, 3.05) is 19.5 Å². The molecule has 0 saturated carbocycles. The number of methoxy groups -OCH3 is 1. The van der Waals surface area contributed by atoms with E-state index in [0.717, 1.165) is 43.4 Å². The summed E-state index contributed by atoms with van der Waals surface area (Å²) in [4.78, 5) is 107. The zero-order chi connectivity index (χ0) is 44.9. The SMILES string of the molecule is CCC(C)[C@H](NC(=O)[C@H](CS[C@H]1O[C@H](COC(C)=O)[C@H](OC(C)=O)[C@H](OC(C)=O)[C@H]1NC(C)=O)NC(=O)[C@H](Cc1c[nH]c2ccccc12)NC(=O)OC(C)(C)C)C(=O)OC. The highest BCUT2D eigenvalue weighted by Crippen LogP contribution is 2.33. The second-order valence-corrected chi connectivity index (χ2v) is 16.4. The molecule has 1 unspecified atom stereocenters. The van der Waals surface area contributed by atoms with Gasteiger partial charge in [-0.25, -0.2) is 9.59 Å². The quantitative estimate of drug-likeness (QED) is 0.106. The van der Waals surface area contributed by atoms with Gasteiger partial charge in [0.1, 0.15) is 47.9 Å². The van der Waals surface area contributed by atoms with Gasteiger partial charge in [0.25, 0.3) is 0 Å². The summed E-state index contributed by atoms with van der Waals surface area (Å²) in [5.74, 6) is -5.92.